The Balaban J connectivity index is 2.26. The summed E-state index contributed by atoms with van der Waals surface area (Å²) >= 11 is 0. The maximum Gasteiger partial charge on any atom is 0.337 e. The van der Waals surface area contributed by atoms with Gasteiger partial charge in [0.2, 0.25) is 5.79 Å². The van der Waals surface area contributed by atoms with Gasteiger partial charge in [-0.1, -0.05) is 0 Å². The predicted molar refractivity (Wildman–Crippen MR) is 78.7 cm³/mol. The van der Waals surface area contributed by atoms with Gasteiger partial charge in [-0.05, 0) is 39.7 Å². The quantitative estimate of drug-likeness (QED) is 0.487. The molecule has 1 fully saturated rings. The number of nitrogens with zero attached hydrogens (tertiary/aromatic N) is 1. The van der Waals surface area contributed by atoms with Gasteiger partial charge in [0.15, 0.2) is 6.10 Å². The lowest BCUT2D eigenvalue weighted by atomic mass is 10.1. The molecule has 2 N–H and O–H groups in total. The molecular weight excluding hydrogens is 274 g/mol. The zero-order valence-corrected chi connectivity index (χ0v) is 13.5. The van der Waals surface area contributed by atoms with E-state index in [-0.39, 0.29) is 5.97 Å². The summed E-state index contributed by atoms with van der Waals surface area (Å²) in [7, 11) is 0. The van der Waals surface area contributed by atoms with Crippen LogP contribution in [0.3, 0.4) is 0 Å². The van der Waals surface area contributed by atoms with Crippen molar-refractivity contribution in [1.82, 2.24) is 4.90 Å². The minimum absolute atomic E-state index is 0.287. The lowest BCUT2D eigenvalue weighted by Gasteiger charge is -2.25. The molecule has 0 amide bonds. The van der Waals surface area contributed by atoms with E-state index in [2.05, 4.69) is 0 Å². The lowest BCUT2D eigenvalue weighted by Crippen LogP contribution is -2.37. The summed E-state index contributed by atoms with van der Waals surface area (Å²) < 4.78 is 10.6. The molecule has 1 aliphatic heterocycles. The maximum absolute atomic E-state index is 11.6. The van der Waals surface area contributed by atoms with E-state index in [4.69, 9.17) is 9.47 Å². The van der Waals surface area contributed by atoms with Gasteiger partial charge < -0.3 is 19.7 Å². The van der Waals surface area contributed by atoms with Crippen LogP contribution >= 0.6 is 0 Å². The maximum atomic E-state index is 11.6. The molecule has 1 saturated heterocycles. The van der Waals surface area contributed by atoms with Crippen LogP contribution in [0.15, 0.2) is 0 Å². The number of carbonyl (C=O) groups is 1. The summed E-state index contributed by atoms with van der Waals surface area (Å²) in [5, 5.41) is 18.9. The largest absolute Gasteiger partial charge is 0.432 e. The number of cyclic esters (lactones) is 1. The monoisotopic (exact) mass is 303 g/mol. The SMILES string of the molecule is CC(O)CN(CCCCC1OC(C)(C)OC1=O)CC(C)O. The second-order valence-electron chi connectivity index (χ2n) is 6.38. The van der Waals surface area contributed by atoms with Gasteiger partial charge in [0, 0.05) is 26.9 Å². The van der Waals surface area contributed by atoms with Crippen LogP contribution in [0.1, 0.15) is 47.0 Å². The molecule has 1 rings (SSSR count). The number of hydrogen-bond donors (Lipinski definition) is 2. The first kappa shape index (κ1) is 18.4. The van der Waals surface area contributed by atoms with Gasteiger partial charge in [-0.2, -0.15) is 0 Å². The molecule has 124 valence electrons. The third-order valence-corrected chi connectivity index (χ3v) is 3.27. The molecule has 1 heterocycles. The fourth-order valence-electron chi connectivity index (χ4n) is 2.57. The molecule has 0 aromatic carbocycles. The Labute approximate surface area is 127 Å². The summed E-state index contributed by atoms with van der Waals surface area (Å²) in [4.78, 5) is 13.6. The van der Waals surface area contributed by atoms with Crippen LogP contribution in [-0.2, 0) is 14.3 Å². The van der Waals surface area contributed by atoms with E-state index in [1.807, 2.05) is 4.90 Å². The summed E-state index contributed by atoms with van der Waals surface area (Å²) in [5.41, 5.74) is 0. The Kier molecular flexibility index (Phi) is 7.06. The fraction of sp³-hybridized carbons (Fsp3) is 0.933. The van der Waals surface area contributed by atoms with Crippen molar-refractivity contribution in [2.24, 2.45) is 0 Å². The van der Waals surface area contributed by atoms with E-state index in [0.29, 0.717) is 19.5 Å². The normalized spacial score (nSPS) is 24.1. The first-order valence-electron chi connectivity index (χ1n) is 7.69. The van der Waals surface area contributed by atoms with Crippen LogP contribution in [0.25, 0.3) is 0 Å². The third kappa shape index (κ3) is 7.22. The average Bonchev–Trinajstić information content (AvgIpc) is 2.56. The second kappa shape index (κ2) is 8.08. The molecular formula is C15H29NO5. The van der Waals surface area contributed by atoms with E-state index in [1.54, 1.807) is 27.7 Å². The summed E-state index contributed by atoms with van der Waals surface area (Å²) in [6, 6.07) is 0. The van der Waals surface area contributed by atoms with Crippen LogP contribution < -0.4 is 0 Å². The molecule has 0 spiro atoms. The Morgan fingerprint density at radius 2 is 1.76 bits per heavy atom. The summed E-state index contributed by atoms with van der Waals surface area (Å²) in [5.74, 6) is -1.10. The van der Waals surface area contributed by atoms with Crippen molar-refractivity contribution in [3.05, 3.63) is 0 Å². The van der Waals surface area contributed by atoms with Crippen LogP contribution in [0.4, 0.5) is 0 Å². The number of aliphatic hydroxyl groups excluding tert-OH is 2. The molecule has 3 unspecified atom stereocenters. The van der Waals surface area contributed by atoms with Crippen LogP contribution in [0.5, 0.6) is 0 Å². The first-order chi connectivity index (χ1) is 9.69. The van der Waals surface area contributed by atoms with E-state index in [0.717, 1.165) is 19.4 Å². The number of hydrogen-bond acceptors (Lipinski definition) is 6. The number of unbranched alkanes of at least 4 members (excludes halogenated alkanes) is 1. The van der Waals surface area contributed by atoms with E-state index in [9.17, 15) is 15.0 Å². The minimum Gasteiger partial charge on any atom is -0.432 e. The van der Waals surface area contributed by atoms with Gasteiger partial charge in [-0.3, -0.25) is 4.90 Å². The van der Waals surface area contributed by atoms with Crippen molar-refractivity contribution in [1.29, 1.82) is 0 Å². The average molecular weight is 303 g/mol. The smallest absolute Gasteiger partial charge is 0.337 e. The van der Waals surface area contributed by atoms with Gasteiger partial charge in [0.1, 0.15) is 0 Å². The highest BCUT2D eigenvalue weighted by Crippen LogP contribution is 2.26. The Morgan fingerprint density at radius 1 is 1.19 bits per heavy atom. The number of ether oxygens (including phenoxy) is 2. The van der Waals surface area contributed by atoms with E-state index >= 15 is 0 Å². The van der Waals surface area contributed by atoms with Gasteiger partial charge in [0.25, 0.3) is 0 Å². The van der Waals surface area contributed by atoms with Gasteiger partial charge in [-0.15, -0.1) is 0 Å². The highest BCUT2D eigenvalue weighted by Gasteiger charge is 2.40. The van der Waals surface area contributed by atoms with Crippen molar-refractivity contribution >= 4 is 5.97 Å². The highest BCUT2D eigenvalue weighted by molar-refractivity contribution is 5.76. The third-order valence-electron chi connectivity index (χ3n) is 3.27. The summed E-state index contributed by atoms with van der Waals surface area (Å²) in [6.45, 7) is 8.80. The van der Waals surface area contributed by atoms with Crippen LogP contribution in [0.2, 0.25) is 0 Å². The molecule has 0 aliphatic carbocycles. The Hall–Kier alpha value is -0.690. The second-order valence-corrected chi connectivity index (χ2v) is 6.38. The number of esters is 1. The number of aliphatic hydroxyl groups is 2. The van der Waals surface area contributed by atoms with Crippen molar-refractivity contribution in [2.75, 3.05) is 19.6 Å². The van der Waals surface area contributed by atoms with Crippen molar-refractivity contribution in [3.63, 3.8) is 0 Å². The number of carbonyl (C=O) groups excluding carboxylic acids is 1. The Bertz CT molecular complexity index is 320. The zero-order valence-electron chi connectivity index (χ0n) is 13.5. The van der Waals surface area contributed by atoms with Crippen LogP contribution in [-0.4, -0.2) is 64.8 Å². The van der Waals surface area contributed by atoms with E-state index < -0.39 is 24.1 Å². The molecule has 0 aromatic rings. The van der Waals surface area contributed by atoms with Crippen LogP contribution in [0, 0.1) is 0 Å². The predicted octanol–water partition coefficient (Wildman–Crippen LogP) is 0.898. The molecule has 0 aromatic heterocycles. The molecule has 0 radical (unpaired) electrons. The van der Waals surface area contributed by atoms with Gasteiger partial charge in [0.05, 0.1) is 12.2 Å². The van der Waals surface area contributed by atoms with Crippen molar-refractivity contribution in [3.8, 4) is 0 Å². The molecule has 6 nitrogen and oxygen atoms in total. The Morgan fingerprint density at radius 3 is 2.19 bits per heavy atom. The molecule has 21 heavy (non-hydrogen) atoms. The standard InChI is InChI=1S/C15H29NO5/c1-11(17)9-16(10-12(2)18)8-6-5-7-13-14(19)21-15(3,4)20-13/h11-13,17-18H,5-10H2,1-4H3. The molecule has 3 atom stereocenters. The molecule has 1 aliphatic rings. The van der Waals surface area contributed by atoms with Gasteiger partial charge >= 0.3 is 5.97 Å². The highest BCUT2D eigenvalue weighted by atomic mass is 16.8. The number of rotatable bonds is 9. The van der Waals surface area contributed by atoms with Crippen molar-refractivity contribution in [2.45, 2.75) is 71.1 Å². The fourth-order valence-corrected chi connectivity index (χ4v) is 2.57. The first-order valence-corrected chi connectivity index (χ1v) is 7.69. The molecule has 6 heteroatoms. The van der Waals surface area contributed by atoms with Crippen molar-refractivity contribution < 1.29 is 24.5 Å². The van der Waals surface area contributed by atoms with Gasteiger partial charge in [-0.25, -0.2) is 4.79 Å². The summed E-state index contributed by atoms with van der Waals surface area (Å²) in [6.07, 6.45) is 1.05. The molecule has 0 saturated carbocycles. The zero-order chi connectivity index (χ0) is 16.0. The molecule has 0 bridgehead atoms. The topological polar surface area (TPSA) is 79.2 Å². The minimum atomic E-state index is -0.813. The van der Waals surface area contributed by atoms with E-state index in [1.165, 1.54) is 0 Å². The lowest BCUT2D eigenvalue weighted by molar-refractivity contribution is -0.160.